The molecule has 3 N–H and O–H groups in total. The van der Waals surface area contributed by atoms with Crippen LogP contribution in [0.1, 0.15) is 18.9 Å². The second-order valence-corrected chi connectivity index (χ2v) is 6.38. The zero-order valence-corrected chi connectivity index (χ0v) is 13.2. The largest absolute Gasteiger partial charge is 0.390 e. The van der Waals surface area contributed by atoms with Crippen molar-refractivity contribution in [2.75, 3.05) is 13.1 Å². The Balaban J connectivity index is 2.08. The molecule has 0 bridgehead atoms. The number of aliphatic hydroxyl groups excluding tert-OH is 1. The number of benzene rings is 1. The van der Waals surface area contributed by atoms with Crippen LogP contribution < -0.4 is 10.9 Å². The van der Waals surface area contributed by atoms with Crippen LogP contribution in [0.25, 0.3) is 21.9 Å². The number of aromatic amines is 1. The fourth-order valence-electron chi connectivity index (χ4n) is 3.50. The van der Waals surface area contributed by atoms with Crippen LogP contribution in [0, 0.1) is 0 Å². The monoisotopic (exact) mass is 332 g/mol. The summed E-state index contributed by atoms with van der Waals surface area (Å²) in [6, 6.07) is 5.35. The highest BCUT2D eigenvalue weighted by molar-refractivity contribution is 6.31. The number of H-pyrrole nitrogens is 1. The number of hydrogen-bond acceptors (Lipinski definition) is 4. The number of nitrogens with one attached hydrogen (secondary N) is 2. The number of aliphatic hydroxyl groups is 1. The average Bonchev–Trinajstić information content (AvgIpc) is 2.70. The zero-order valence-electron chi connectivity index (χ0n) is 12.4. The Hall–Kier alpha value is -1.89. The van der Waals surface area contributed by atoms with E-state index in [2.05, 4.69) is 15.3 Å². The van der Waals surface area contributed by atoms with Crippen molar-refractivity contribution >= 4 is 33.5 Å². The normalized spacial score (nSPS) is 22.5. The minimum atomic E-state index is -0.563. The summed E-state index contributed by atoms with van der Waals surface area (Å²) in [4.78, 5) is 19.4. The number of rotatable bonds is 1. The SMILES string of the molecule is O=c1[nH]cnc2c3cc(Cl)ccc3n(C3CCCNCC3O)c12. The first kappa shape index (κ1) is 14.7. The zero-order chi connectivity index (χ0) is 16.0. The summed E-state index contributed by atoms with van der Waals surface area (Å²) in [7, 11) is 0. The second-order valence-electron chi connectivity index (χ2n) is 5.94. The van der Waals surface area contributed by atoms with Crippen LogP contribution in [0.4, 0.5) is 0 Å². The highest BCUT2D eigenvalue weighted by Gasteiger charge is 2.27. The first-order valence-corrected chi connectivity index (χ1v) is 8.10. The molecule has 120 valence electrons. The van der Waals surface area contributed by atoms with Gasteiger partial charge >= 0.3 is 0 Å². The number of aromatic nitrogens is 3. The molecule has 7 heteroatoms. The molecule has 1 fully saturated rings. The van der Waals surface area contributed by atoms with E-state index in [1.54, 1.807) is 6.07 Å². The molecule has 1 aliphatic rings. The summed E-state index contributed by atoms with van der Waals surface area (Å²) < 4.78 is 1.94. The maximum atomic E-state index is 12.4. The maximum absolute atomic E-state index is 12.4. The minimum absolute atomic E-state index is 0.170. The van der Waals surface area contributed by atoms with E-state index in [1.807, 2.05) is 16.7 Å². The smallest absolute Gasteiger partial charge is 0.275 e. The van der Waals surface area contributed by atoms with Crippen molar-refractivity contribution in [3.8, 4) is 0 Å². The van der Waals surface area contributed by atoms with Gasteiger partial charge in [0.05, 0.1) is 24.0 Å². The summed E-state index contributed by atoms with van der Waals surface area (Å²) in [6.45, 7) is 1.38. The Bertz CT molecular complexity index is 933. The first-order valence-electron chi connectivity index (χ1n) is 7.72. The summed E-state index contributed by atoms with van der Waals surface area (Å²) in [5, 5.41) is 15.2. The number of β-amino-alcohol motifs (C(OH)–C–C–N with tert-alkyl or cyclic N) is 1. The molecule has 0 saturated carbocycles. The van der Waals surface area contributed by atoms with Gasteiger partial charge in [-0.25, -0.2) is 4.98 Å². The molecule has 0 spiro atoms. The van der Waals surface area contributed by atoms with E-state index in [4.69, 9.17) is 11.6 Å². The fraction of sp³-hybridized carbons (Fsp3) is 0.375. The van der Waals surface area contributed by atoms with Gasteiger partial charge in [0.15, 0.2) is 0 Å². The number of fused-ring (bicyclic) bond motifs is 3. The van der Waals surface area contributed by atoms with E-state index in [0.29, 0.717) is 22.6 Å². The van der Waals surface area contributed by atoms with Crippen molar-refractivity contribution in [1.82, 2.24) is 19.9 Å². The van der Waals surface area contributed by atoms with Gasteiger partial charge in [0.1, 0.15) is 11.0 Å². The Labute approximate surface area is 137 Å². The quantitative estimate of drug-likeness (QED) is 0.634. The Morgan fingerprint density at radius 2 is 2.26 bits per heavy atom. The fourth-order valence-corrected chi connectivity index (χ4v) is 3.67. The van der Waals surface area contributed by atoms with Crippen LogP contribution >= 0.6 is 11.6 Å². The van der Waals surface area contributed by atoms with Crippen molar-refractivity contribution < 1.29 is 5.11 Å². The predicted molar refractivity (Wildman–Crippen MR) is 90.0 cm³/mol. The highest BCUT2D eigenvalue weighted by Crippen LogP contribution is 2.33. The van der Waals surface area contributed by atoms with Gasteiger partial charge < -0.3 is 20.0 Å². The molecule has 1 aliphatic heterocycles. The molecule has 0 amide bonds. The van der Waals surface area contributed by atoms with Gasteiger partial charge in [-0.05, 0) is 37.6 Å². The lowest BCUT2D eigenvalue weighted by molar-refractivity contribution is 0.119. The lowest BCUT2D eigenvalue weighted by Crippen LogP contribution is -2.32. The van der Waals surface area contributed by atoms with Gasteiger partial charge in [0.25, 0.3) is 5.56 Å². The summed E-state index contributed by atoms with van der Waals surface area (Å²) in [6.07, 6.45) is 2.57. The van der Waals surface area contributed by atoms with Crippen LogP contribution in [0.3, 0.4) is 0 Å². The minimum Gasteiger partial charge on any atom is -0.390 e. The van der Waals surface area contributed by atoms with Gasteiger partial charge in [-0.1, -0.05) is 11.6 Å². The molecule has 1 aromatic carbocycles. The molecule has 0 aliphatic carbocycles. The first-order chi connectivity index (χ1) is 11.2. The molecule has 0 radical (unpaired) electrons. The van der Waals surface area contributed by atoms with E-state index < -0.39 is 6.10 Å². The molecule has 3 heterocycles. The molecule has 1 saturated heterocycles. The Kier molecular flexibility index (Phi) is 3.60. The predicted octanol–water partition coefficient (Wildman–Crippen LogP) is 1.82. The summed E-state index contributed by atoms with van der Waals surface area (Å²) in [5.41, 5.74) is 1.79. The van der Waals surface area contributed by atoms with Gasteiger partial charge in [-0.2, -0.15) is 0 Å². The molecular formula is C16H17ClN4O2. The molecule has 4 rings (SSSR count). The lowest BCUT2D eigenvalue weighted by Gasteiger charge is -2.23. The summed E-state index contributed by atoms with van der Waals surface area (Å²) >= 11 is 6.13. The van der Waals surface area contributed by atoms with Crippen LogP contribution in [0.5, 0.6) is 0 Å². The van der Waals surface area contributed by atoms with Crippen LogP contribution in [-0.4, -0.2) is 38.8 Å². The third kappa shape index (κ3) is 2.34. The maximum Gasteiger partial charge on any atom is 0.275 e. The lowest BCUT2D eigenvalue weighted by atomic mass is 10.1. The van der Waals surface area contributed by atoms with E-state index in [0.717, 1.165) is 30.3 Å². The van der Waals surface area contributed by atoms with Gasteiger partial charge in [0.2, 0.25) is 0 Å². The third-order valence-corrected chi connectivity index (χ3v) is 4.76. The van der Waals surface area contributed by atoms with E-state index in [9.17, 15) is 9.90 Å². The number of hydrogen-bond donors (Lipinski definition) is 3. The van der Waals surface area contributed by atoms with Crippen molar-refractivity contribution in [2.24, 2.45) is 0 Å². The van der Waals surface area contributed by atoms with Gasteiger partial charge in [-0.15, -0.1) is 0 Å². The molecule has 6 nitrogen and oxygen atoms in total. The van der Waals surface area contributed by atoms with Crippen LogP contribution in [0.15, 0.2) is 29.3 Å². The molecule has 2 unspecified atom stereocenters. The van der Waals surface area contributed by atoms with Crippen molar-refractivity contribution in [3.05, 3.63) is 39.9 Å². The number of halogens is 1. The highest BCUT2D eigenvalue weighted by atomic mass is 35.5. The molecule has 2 aromatic heterocycles. The van der Waals surface area contributed by atoms with Crippen molar-refractivity contribution in [1.29, 1.82) is 0 Å². The molecule has 2 atom stereocenters. The van der Waals surface area contributed by atoms with E-state index in [1.165, 1.54) is 6.33 Å². The summed E-state index contributed by atoms with van der Waals surface area (Å²) in [5.74, 6) is 0. The standard InChI is InChI=1S/C16H17ClN4O2/c17-9-3-4-11-10(6-9)14-15(16(23)20-8-19-14)21(11)12-2-1-5-18-7-13(12)22/h3-4,6,8,12-13,18,22H,1-2,5,7H2,(H,19,20,23). The van der Waals surface area contributed by atoms with Crippen LogP contribution in [-0.2, 0) is 0 Å². The molecule has 3 aromatic rings. The molecular weight excluding hydrogens is 316 g/mol. The third-order valence-electron chi connectivity index (χ3n) is 4.53. The number of nitrogens with zero attached hydrogens (tertiary/aromatic N) is 2. The van der Waals surface area contributed by atoms with Crippen molar-refractivity contribution in [2.45, 2.75) is 25.0 Å². The topological polar surface area (TPSA) is 82.9 Å². The van der Waals surface area contributed by atoms with E-state index >= 15 is 0 Å². The van der Waals surface area contributed by atoms with E-state index in [-0.39, 0.29) is 11.6 Å². The van der Waals surface area contributed by atoms with Gasteiger partial charge in [-0.3, -0.25) is 4.79 Å². The average molecular weight is 333 g/mol. The van der Waals surface area contributed by atoms with Crippen LogP contribution in [0.2, 0.25) is 5.02 Å². The second kappa shape index (κ2) is 5.63. The van der Waals surface area contributed by atoms with Gasteiger partial charge in [0, 0.05) is 17.0 Å². The Morgan fingerprint density at radius 1 is 1.39 bits per heavy atom. The molecule has 23 heavy (non-hydrogen) atoms. The Morgan fingerprint density at radius 3 is 3.13 bits per heavy atom. The van der Waals surface area contributed by atoms with Crippen molar-refractivity contribution in [3.63, 3.8) is 0 Å².